The molecule has 0 radical (unpaired) electrons. The molecule has 0 saturated carbocycles. The van der Waals surface area contributed by atoms with Crippen molar-refractivity contribution in [3.63, 3.8) is 0 Å². The fourth-order valence-corrected chi connectivity index (χ4v) is 3.05. The molecule has 0 bridgehead atoms. The highest BCUT2D eigenvalue weighted by Gasteiger charge is 2.38. The van der Waals surface area contributed by atoms with Gasteiger partial charge >= 0.3 is 11.9 Å². The van der Waals surface area contributed by atoms with Gasteiger partial charge in [0, 0.05) is 16.4 Å². The molecule has 6 heteroatoms. The molecular formula is C18H18ClNO4. The molecule has 1 aromatic carbocycles. The molecule has 0 amide bonds. The first-order valence-corrected chi connectivity index (χ1v) is 7.63. The zero-order chi connectivity index (χ0) is 17.9. The van der Waals surface area contributed by atoms with Crippen LogP contribution in [0, 0.1) is 0 Å². The second kappa shape index (κ2) is 7.36. The Bertz CT molecular complexity index is 764. The van der Waals surface area contributed by atoms with Crippen LogP contribution in [0.25, 0.3) is 0 Å². The van der Waals surface area contributed by atoms with Gasteiger partial charge in [0.15, 0.2) is 0 Å². The molecule has 126 valence electrons. The Morgan fingerprint density at radius 3 is 2.29 bits per heavy atom. The van der Waals surface area contributed by atoms with Crippen LogP contribution in [0.1, 0.15) is 25.3 Å². The number of carbonyl (C=O) groups excluding carboxylic acids is 2. The van der Waals surface area contributed by atoms with E-state index in [1.165, 1.54) is 7.11 Å². The second-order valence-corrected chi connectivity index (χ2v) is 5.63. The molecule has 1 atom stereocenters. The highest BCUT2D eigenvalue weighted by Crippen LogP contribution is 2.41. The predicted molar refractivity (Wildman–Crippen MR) is 91.0 cm³/mol. The minimum Gasteiger partial charge on any atom is -0.466 e. The van der Waals surface area contributed by atoms with Gasteiger partial charge in [-0.2, -0.15) is 0 Å². The molecule has 1 unspecified atom stereocenters. The first kappa shape index (κ1) is 17.8. The SMILES string of the molecule is C=COC(=O)C1=C(C)NC(C)=C(C(=O)OC)C1c1ccccc1Cl. The number of methoxy groups -OCH3 is 1. The lowest BCUT2D eigenvalue weighted by atomic mass is 9.80. The lowest BCUT2D eigenvalue weighted by Gasteiger charge is -2.30. The number of hydrogen-bond acceptors (Lipinski definition) is 5. The van der Waals surface area contributed by atoms with Gasteiger partial charge in [0.25, 0.3) is 0 Å². The summed E-state index contributed by atoms with van der Waals surface area (Å²) in [5, 5.41) is 3.47. The topological polar surface area (TPSA) is 64.6 Å². The van der Waals surface area contributed by atoms with Crippen molar-refractivity contribution in [3.05, 3.63) is 70.2 Å². The minimum atomic E-state index is -0.695. The lowest BCUT2D eigenvalue weighted by Crippen LogP contribution is -2.32. The highest BCUT2D eigenvalue weighted by atomic mass is 35.5. The second-order valence-electron chi connectivity index (χ2n) is 5.22. The summed E-state index contributed by atoms with van der Waals surface area (Å²) in [6.45, 7) is 6.89. The average molecular weight is 348 g/mol. The smallest absolute Gasteiger partial charge is 0.341 e. The molecule has 24 heavy (non-hydrogen) atoms. The van der Waals surface area contributed by atoms with E-state index in [1.807, 2.05) is 0 Å². The number of halogens is 1. The highest BCUT2D eigenvalue weighted by molar-refractivity contribution is 6.31. The molecule has 1 aliphatic rings. The number of nitrogens with one attached hydrogen (secondary N) is 1. The first-order chi connectivity index (χ1) is 11.4. The average Bonchev–Trinajstić information content (AvgIpc) is 2.54. The summed E-state index contributed by atoms with van der Waals surface area (Å²) in [7, 11) is 1.29. The standard InChI is InChI=1S/C18H18ClNO4/c1-5-24-18(22)15-11(3)20-10(2)14(17(21)23-4)16(15)12-8-6-7-9-13(12)19/h5-9,16,20H,1H2,2-4H3. The molecule has 0 spiro atoms. The zero-order valence-electron chi connectivity index (χ0n) is 13.7. The molecule has 1 aromatic rings. The van der Waals surface area contributed by atoms with Gasteiger partial charge in [-0.3, -0.25) is 0 Å². The number of rotatable bonds is 4. The molecule has 2 rings (SSSR count). The third kappa shape index (κ3) is 3.21. The van der Waals surface area contributed by atoms with Gasteiger partial charge in [-0.15, -0.1) is 0 Å². The number of ether oxygens (including phenoxy) is 2. The van der Waals surface area contributed by atoms with E-state index in [0.717, 1.165) is 6.26 Å². The van der Waals surface area contributed by atoms with Crippen LogP contribution in [0.3, 0.4) is 0 Å². The molecular weight excluding hydrogens is 330 g/mol. The molecule has 0 aliphatic carbocycles. The van der Waals surface area contributed by atoms with E-state index in [9.17, 15) is 9.59 Å². The number of hydrogen-bond donors (Lipinski definition) is 1. The van der Waals surface area contributed by atoms with Gasteiger partial charge in [0.05, 0.1) is 30.4 Å². The number of carbonyl (C=O) groups is 2. The summed E-state index contributed by atoms with van der Waals surface area (Å²) in [6, 6.07) is 7.04. The summed E-state index contributed by atoms with van der Waals surface area (Å²) in [4.78, 5) is 24.8. The Morgan fingerprint density at radius 1 is 1.17 bits per heavy atom. The molecule has 0 aromatic heterocycles. The molecule has 0 fully saturated rings. The third-order valence-corrected chi connectivity index (χ3v) is 4.14. The van der Waals surface area contributed by atoms with Crippen LogP contribution in [0.15, 0.2) is 59.6 Å². The summed E-state index contributed by atoms with van der Waals surface area (Å²) in [6.07, 6.45) is 1.05. The van der Waals surface area contributed by atoms with Crippen molar-refractivity contribution in [1.29, 1.82) is 0 Å². The maximum Gasteiger partial charge on any atom is 0.341 e. The fourth-order valence-electron chi connectivity index (χ4n) is 2.80. The lowest BCUT2D eigenvalue weighted by molar-refractivity contribution is -0.136. The van der Waals surface area contributed by atoms with Crippen molar-refractivity contribution in [2.45, 2.75) is 19.8 Å². The summed E-state index contributed by atoms with van der Waals surface area (Å²) in [5.41, 5.74) is 2.40. The van der Waals surface area contributed by atoms with Gasteiger partial charge in [0.1, 0.15) is 0 Å². The van der Waals surface area contributed by atoms with E-state index in [0.29, 0.717) is 27.6 Å². The van der Waals surface area contributed by atoms with Crippen molar-refractivity contribution in [1.82, 2.24) is 5.32 Å². The largest absolute Gasteiger partial charge is 0.466 e. The van der Waals surface area contributed by atoms with Crippen molar-refractivity contribution in [3.8, 4) is 0 Å². The van der Waals surface area contributed by atoms with Crippen LogP contribution in [-0.4, -0.2) is 19.0 Å². The van der Waals surface area contributed by atoms with Gasteiger partial charge in [-0.05, 0) is 25.5 Å². The number of allylic oxidation sites excluding steroid dienone is 2. The van der Waals surface area contributed by atoms with Gasteiger partial charge < -0.3 is 14.8 Å². The van der Waals surface area contributed by atoms with Crippen molar-refractivity contribution >= 4 is 23.5 Å². The van der Waals surface area contributed by atoms with Crippen LogP contribution in [-0.2, 0) is 19.1 Å². The maximum absolute atomic E-state index is 12.5. The quantitative estimate of drug-likeness (QED) is 0.667. The third-order valence-electron chi connectivity index (χ3n) is 3.79. The van der Waals surface area contributed by atoms with Crippen LogP contribution in [0.5, 0.6) is 0 Å². The number of esters is 2. The zero-order valence-corrected chi connectivity index (χ0v) is 14.4. The minimum absolute atomic E-state index is 0.286. The Kier molecular flexibility index (Phi) is 5.46. The van der Waals surface area contributed by atoms with Gasteiger partial charge in [0.2, 0.25) is 0 Å². The van der Waals surface area contributed by atoms with E-state index in [-0.39, 0.29) is 5.57 Å². The molecule has 1 heterocycles. The molecule has 1 N–H and O–H groups in total. The Morgan fingerprint density at radius 2 is 1.75 bits per heavy atom. The Balaban J connectivity index is 2.71. The first-order valence-electron chi connectivity index (χ1n) is 7.25. The van der Waals surface area contributed by atoms with E-state index < -0.39 is 17.9 Å². The van der Waals surface area contributed by atoms with Gasteiger partial charge in [-0.25, -0.2) is 9.59 Å². The van der Waals surface area contributed by atoms with E-state index in [2.05, 4.69) is 11.9 Å². The predicted octanol–water partition coefficient (Wildman–Crippen LogP) is 3.43. The van der Waals surface area contributed by atoms with Crippen molar-refractivity contribution in [2.75, 3.05) is 7.11 Å². The summed E-state index contributed by atoms with van der Waals surface area (Å²) >= 11 is 6.32. The molecule has 5 nitrogen and oxygen atoms in total. The van der Waals surface area contributed by atoms with E-state index in [4.69, 9.17) is 21.1 Å². The Hall–Kier alpha value is -2.53. The number of dihydropyridines is 1. The molecule has 1 aliphatic heterocycles. The summed E-state index contributed by atoms with van der Waals surface area (Å²) < 4.78 is 9.85. The maximum atomic E-state index is 12.5. The van der Waals surface area contributed by atoms with Crippen LogP contribution >= 0.6 is 11.6 Å². The number of benzene rings is 1. The van der Waals surface area contributed by atoms with E-state index >= 15 is 0 Å². The van der Waals surface area contributed by atoms with Crippen LogP contribution in [0.4, 0.5) is 0 Å². The van der Waals surface area contributed by atoms with Crippen molar-refractivity contribution in [2.24, 2.45) is 0 Å². The van der Waals surface area contributed by atoms with Crippen LogP contribution in [0.2, 0.25) is 5.02 Å². The van der Waals surface area contributed by atoms with Crippen molar-refractivity contribution < 1.29 is 19.1 Å². The summed E-state index contributed by atoms with van der Waals surface area (Å²) in [5.74, 6) is -1.84. The van der Waals surface area contributed by atoms with Crippen LogP contribution < -0.4 is 5.32 Å². The fraction of sp³-hybridized carbons (Fsp3) is 0.222. The normalized spacial score (nSPS) is 17.2. The van der Waals surface area contributed by atoms with E-state index in [1.54, 1.807) is 38.1 Å². The van der Waals surface area contributed by atoms with Gasteiger partial charge in [-0.1, -0.05) is 36.4 Å². The monoisotopic (exact) mass is 347 g/mol. The Labute approximate surface area is 145 Å². The molecule has 0 saturated heterocycles.